The van der Waals surface area contributed by atoms with Crippen LogP contribution in [0, 0.1) is 6.92 Å². The van der Waals surface area contributed by atoms with Crippen molar-refractivity contribution < 1.29 is 0 Å². The second kappa shape index (κ2) is 6.74. The molecule has 0 aliphatic carbocycles. The molecule has 0 spiro atoms. The lowest BCUT2D eigenvalue weighted by atomic mass is 10.2. The summed E-state index contributed by atoms with van der Waals surface area (Å²) in [6.45, 7) is 2.08. The van der Waals surface area contributed by atoms with Crippen LogP contribution >= 0.6 is 34.4 Å². The van der Waals surface area contributed by atoms with Crippen LogP contribution < -0.4 is 5.56 Å². The predicted octanol–water partition coefficient (Wildman–Crippen LogP) is 4.72. The SMILES string of the molecule is Cc1ccc(-c2nc(CSc3nc4ccsc4c(=O)n3C)cs2)cc1. The van der Waals surface area contributed by atoms with Crippen LogP contribution in [0.4, 0.5) is 0 Å². The summed E-state index contributed by atoms with van der Waals surface area (Å²) in [5.41, 5.74) is 4.17. The summed E-state index contributed by atoms with van der Waals surface area (Å²) in [6.07, 6.45) is 0. The first-order valence-electron chi connectivity index (χ1n) is 7.70. The van der Waals surface area contributed by atoms with Crippen LogP contribution in [0.2, 0.25) is 0 Å². The summed E-state index contributed by atoms with van der Waals surface area (Å²) in [7, 11) is 1.77. The topological polar surface area (TPSA) is 47.8 Å². The minimum atomic E-state index is 0.0149. The highest BCUT2D eigenvalue weighted by Crippen LogP contribution is 2.28. The first-order chi connectivity index (χ1) is 12.1. The maximum atomic E-state index is 12.3. The van der Waals surface area contributed by atoms with Crippen LogP contribution in [-0.2, 0) is 12.8 Å². The zero-order valence-corrected chi connectivity index (χ0v) is 16.2. The Labute approximate surface area is 157 Å². The first-order valence-corrected chi connectivity index (χ1v) is 10.4. The molecule has 1 aromatic carbocycles. The van der Waals surface area contributed by atoms with Gasteiger partial charge in [0.15, 0.2) is 5.16 Å². The minimum absolute atomic E-state index is 0.0149. The van der Waals surface area contributed by atoms with Crippen molar-refractivity contribution in [3.63, 3.8) is 0 Å². The molecule has 0 unspecified atom stereocenters. The molecule has 0 aliphatic rings. The lowest BCUT2D eigenvalue weighted by molar-refractivity contribution is 0.727. The lowest BCUT2D eigenvalue weighted by Gasteiger charge is -2.05. The summed E-state index contributed by atoms with van der Waals surface area (Å²) in [5, 5.41) is 5.72. The number of hydrogen-bond acceptors (Lipinski definition) is 6. The zero-order valence-electron chi connectivity index (χ0n) is 13.7. The second-order valence-corrected chi connectivity index (χ2v) is 8.41. The van der Waals surface area contributed by atoms with Crippen molar-refractivity contribution in [1.29, 1.82) is 0 Å². The molecule has 25 heavy (non-hydrogen) atoms. The molecule has 4 nitrogen and oxygen atoms in total. The van der Waals surface area contributed by atoms with Gasteiger partial charge in [0.25, 0.3) is 5.56 Å². The second-order valence-electron chi connectivity index (χ2n) is 5.69. The van der Waals surface area contributed by atoms with Crippen LogP contribution in [0.1, 0.15) is 11.3 Å². The smallest absolute Gasteiger partial charge is 0.271 e. The van der Waals surface area contributed by atoms with Crippen molar-refractivity contribution >= 4 is 44.7 Å². The van der Waals surface area contributed by atoms with E-state index in [9.17, 15) is 4.79 Å². The average Bonchev–Trinajstić information content (AvgIpc) is 3.27. The van der Waals surface area contributed by atoms with Gasteiger partial charge in [-0.2, -0.15) is 0 Å². The van der Waals surface area contributed by atoms with E-state index in [2.05, 4.69) is 41.6 Å². The Morgan fingerprint density at radius 1 is 1.12 bits per heavy atom. The number of thiophene rings is 1. The van der Waals surface area contributed by atoms with Crippen LogP contribution in [0.3, 0.4) is 0 Å². The molecule has 3 aromatic heterocycles. The van der Waals surface area contributed by atoms with Crippen LogP contribution in [0.15, 0.2) is 51.0 Å². The van der Waals surface area contributed by atoms with Gasteiger partial charge in [0.2, 0.25) is 0 Å². The van der Waals surface area contributed by atoms with Crippen molar-refractivity contribution in [2.24, 2.45) is 7.05 Å². The van der Waals surface area contributed by atoms with Crippen molar-refractivity contribution in [2.45, 2.75) is 17.8 Å². The number of nitrogens with zero attached hydrogens (tertiary/aromatic N) is 3. The molecular weight excluding hydrogens is 370 g/mol. The van der Waals surface area contributed by atoms with Crippen LogP contribution in [0.5, 0.6) is 0 Å². The van der Waals surface area contributed by atoms with Crippen LogP contribution in [0.25, 0.3) is 20.8 Å². The fourth-order valence-corrected chi connectivity index (χ4v) is 5.04. The lowest BCUT2D eigenvalue weighted by Crippen LogP contribution is -2.18. The van der Waals surface area contributed by atoms with Crippen molar-refractivity contribution in [3.8, 4) is 10.6 Å². The van der Waals surface area contributed by atoms with Gasteiger partial charge in [0.1, 0.15) is 9.71 Å². The molecule has 3 heterocycles. The quantitative estimate of drug-likeness (QED) is 0.377. The molecule has 0 aliphatic heterocycles. The Hall–Kier alpha value is -1.96. The predicted molar refractivity (Wildman–Crippen MR) is 107 cm³/mol. The van der Waals surface area contributed by atoms with E-state index in [0.717, 1.165) is 26.9 Å². The number of thiazole rings is 1. The van der Waals surface area contributed by atoms with E-state index in [1.165, 1.54) is 16.9 Å². The molecule has 4 aromatic rings. The van der Waals surface area contributed by atoms with Crippen molar-refractivity contribution in [1.82, 2.24) is 14.5 Å². The zero-order chi connectivity index (χ0) is 17.4. The Balaban J connectivity index is 1.55. The molecule has 0 fully saturated rings. The molecule has 7 heteroatoms. The first kappa shape index (κ1) is 16.5. The molecule has 0 N–H and O–H groups in total. The number of thioether (sulfide) groups is 1. The number of aromatic nitrogens is 3. The Kier molecular flexibility index (Phi) is 4.45. The molecule has 126 valence electrons. The standard InChI is InChI=1S/C18H15N3OS3/c1-11-3-5-12(6-4-11)16-19-13(9-24-16)10-25-18-20-14-7-8-23-15(14)17(22)21(18)2/h3-9H,10H2,1-2H3. The normalized spacial score (nSPS) is 11.3. The maximum absolute atomic E-state index is 12.3. The summed E-state index contributed by atoms with van der Waals surface area (Å²) in [4.78, 5) is 21.7. The van der Waals surface area contributed by atoms with E-state index in [0.29, 0.717) is 10.5 Å². The van der Waals surface area contributed by atoms with Gasteiger partial charge in [-0.1, -0.05) is 41.6 Å². The molecule has 0 atom stereocenters. The van der Waals surface area contributed by atoms with Gasteiger partial charge in [0.05, 0.1) is 11.2 Å². The van der Waals surface area contributed by atoms with Gasteiger partial charge in [-0.05, 0) is 18.4 Å². The summed E-state index contributed by atoms with van der Waals surface area (Å²) < 4.78 is 2.33. The fraction of sp³-hybridized carbons (Fsp3) is 0.167. The molecular formula is C18H15N3OS3. The number of benzene rings is 1. The number of rotatable bonds is 4. The largest absolute Gasteiger partial charge is 0.290 e. The molecule has 0 saturated heterocycles. The van der Waals surface area contributed by atoms with Gasteiger partial charge < -0.3 is 0 Å². The van der Waals surface area contributed by atoms with Gasteiger partial charge in [-0.25, -0.2) is 9.97 Å². The Bertz CT molecular complexity index is 1090. The van der Waals surface area contributed by atoms with Crippen molar-refractivity contribution in [3.05, 3.63) is 62.7 Å². The van der Waals surface area contributed by atoms with Gasteiger partial charge >= 0.3 is 0 Å². The monoisotopic (exact) mass is 385 g/mol. The number of aryl methyl sites for hydroxylation is 1. The van der Waals surface area contributed by atoms with E-state index in [1.807, 2.05) is 11.4 Å². The van der Waals surface area contributed by atoms with Gasteiger partial charge in [0, 0.05) is 23.7 Å². The highest BCUT2D eigenvalue weighted by molar-refractivity contribution is 7.98. The number of fused-ring (bicyclic) bond motifs is 1. The van der Waals surface area contributed by atoms with Gasteiger partial charge in [-0.3, -0.25) is 9.36 Å². The summed E-state index contributed by atoms with van der Waals surface area (Å²) >= 11 is 4.62. The van der Waals surface area contributed by atoms with Crippen molar-refractivity contribution in [2.75, 3.05) is 0 Å². The third-order valence-electron chi connectivity index (χ3n) is 3.85. The molecule has 0 saturated carbocycles. The third-order valence-corrected chi connectivity index (χ3v) is 6.74. The van der Waals surface area contributed by atoms with E-state index >= 15 is 0 Å². The highest BCUT2D eigenvalue weighted by atomic mass is 32.2. The number of hydrogen-bond donors (Lipinski definition) is 0. The van der Waals surface area contributed by atoms with E-state index in [1.54, 1.807) is 34.7 Å². The summed E-state index contributed by atoms with van der Waals surface area (Å²) in [5.74, 6) is 0.693. The average molecular weight is 386 g/mol. The molecule has 0 bridgehead atoms. The maximum Gasteiger partial charge on any atom is 0.271 e. The minimum Gasteiger partial charge on any atom is -0.290 e. The fourth-order valence-electron chi connectivity index (χ4n) is 2.44. The molecule has 0 radical (unpaired) electrons. The van der Waals surface area contributed by atoms with E-state index in [4.69, 9.17) is 4.98 Å². The highest BCUT2D eigenvalue weighted by Gasteiger charge is 2.11. The third kappa shape index (κ3) is 3.27. The molecule has 4 rings (SSSR count). The Morgan fingerprint density at radius 3 is 2.72 bits per heavy atom. The van der Waals surface area contributed by atoms with Gasteiger partial charge in [-0.15, -0.1) is 22.7 Å². The Morgan fingerprint density at radius 2 is 1.92 bits per heavy atom. The van der Waals surface area contributed by atoms with Crippen LogP contribution in [-0.4, -0.2) is 14.5 Å². The van der Waals surface area contributed by atoms with E-state index < -0.39 is 0 Å². The van der Waals surface area contributed by atoms with E-state index in [-0.39, 0.29) is 5.56 Å². The molecule has 0 amide bonds. The summed E-state index contributed by atoms with van der Waals surface area (Å²) in [6, 6.07) is 10.3.